The third-order valence-electron chi connectivity index (χ3n) is 3.68. The molecule has 2 heterocycles. The summed E-state index contributed by atoms with van der Waals surface area (Å²) in [6.45, 7) is 4.31. The molecule has 17 heavy (non-hydrogen) atoms. The van der Waals surface area contributed by atoms with Crippen LogP contribution in [0.15, 0.2) is 6.07 Å². The fourth-order valence-corrected chi connectivity index (χ4v) is 2.89. The van der Waals surface area contributed by atoms with Gasteiger partial charge in [0, 0.05) is 25.5 Å². The molecular weight excluding hydrogens is 234 g/mol. The molecule has 1 aliphatic rings. The van der Waals surface area contributed by atoms with E-state index in [1.165, 1.54) is 37.2 Å². The van der Waals surface area contributed by atoms with Gasteiger partial charge >= 0.3 is 0 Å². The number of nitrogens with zero attached hydrogens (tertiary/aromatic N) is 3. The molecule has 0 saturated carbocycles. The van der Waals surface area contributed by atoms with Crippen LogP contribution in [0.2, 0.25) is 0 Å². The summed E-state index contributed by atoms with van der Waals surface area (Å²) in [5, 5.41) is 4.50. The van der Waals surface area contributed by atoms with Crippen LogP contribution < -0.4 is 0 Å². The number of halogens is 1. The lowest BCUT2D eigenvalue weighted by atomic mass is 10.0. The van der Waals surface area contributed by atoms with Gasteiger partial charge in [0.2, 0.25) is 0 Å². The van der Waals surface area contributed by atoms with Gasteiger partial charge in [0.1, 0.15) is 0 Å². The summed E-state index contributed by atoms with van der Waals surface area (Å²) in [4.78, 5) is 2.51. The number of piperidine rings is 1. The number of aromatic nitrogens is 2. The third kappa shape index (κ3) is 3.02. The highest BCUT2D eigenvalue weighted by Gasteiger charge is 2.22. The maximum Gasteiger partial charge on any atom is 0.0625 e. The lowest BCUT2D eigenvalue weighted by Gasteiger charge is -2.34. The zero-order valence-corrected chi connectivity index (χ0v) is 11.6. The Kier molecular flexibility index (Phi) is 4.46. The smallest absolute Gasteiger partial charge is 0.0625 e. The van der Waals surface area contributed by atoms with E-state index in [1.807, 2.05) is 11.7 Å². The van der Waals surface area contributed by atoms with Gasteiger partial charge in [0.25, 0.3) is 0 Å². The topological polar surface area (TPSA) is 21.1 Å². The Morgan fingerprint density at radius 3 is 2.94 bits per heavy atom. The minimum absolute atomic E-state index is 0.547. The summed E-state index contributed by atoms with van der Waals surface area (Å²) in [5.74, 6) is 0.748. The maximum atomic E-state index is 6.05. The second-order valence-electron chi connectivity index (χ2n) is 4.88. The van der Waals surface area contributed by atoms with Crippen LogP contribution in [0.4, 0.5) is 0 Å². The second kappa shape index (κ2) is 5.87. The summed E-state index contributed by atoms with van der Waals surface area (Å²) >= 11 is 6.05. The van der Waals surface area contributed by atoms with Crippen LogP contribution in [0, 0.1) is 0 Å². The molecule has 0 bridgehead atoms. The minimum Gasteiger partial charge on any atom is -0.293 e. The molecule has 3 nitrogen and oxygen atoms in total. The Morgan fingerprint density at radius 1 is 1.47 bits per heavy atom. The van der Waals surface area contributed by atoms with Gasteiger partial charge in [-0.2, -0.15) is 5.10 Å². The summed E-state index contributed by atoms with van der Waals surface area (Å²) < 4.78 is 2.01. The highest BCUT2D eigenvalue weighted by molar-refractivity contribution is 6.18. The predicted molar refractivity (Wildman–Crippen MR) is 71.4 cm³/mol. The van der Waals surface area contributed by atoms with Gasteiger partial charge in [-0.15, -0.1) is 11.6 Å². The van der Waals surface area contributed by atoms with Crippen molar-refractivity contribution in [3.05, 3.63) is 17.5 Å². The van der Waals surface area contributed by atoms with Crippen LogP contribution in [0.25, 0.3) is 0 Å². The molecule has 2 rings (SSSR count). The molecule has 1 atom stereocenters. The monoisotopic (exact) mass is 255 g/mol. The fraction of sp³-hybridized carbons (Fsp3) is 0.769. The van der Waals surface area contributed by atoms with E-state index in [2.05, 4.69) is 23.0 Å². The van der Waals surface area contributed by atoms with E-state index in [4.69, 9.17) is 11.6 Å². The number of alkyl halides is 1. The van der Waals surface area contributed by atoms with Gasteiger partial charge < -0.3 is 0 Å². The Morgan fingerprint density at radius 2 is 2.29 bits per heavy atom. The molecule has 0 radical (unpaired) electrons. The van der Waals surface area contributed by atoms with Gasteiger partial charge in [-0.3, -0.25) is 9.58 Å². The average molecular weight is 256 g/mol. The quantitative estimate of drug-likeness (QED) is 0.771. The zero-order valence-electron chi connectivity index (χ0n) is 10.8. The van der Waals surface area contributed by atoms with Crippen LogP contribution in [0.1, 0.15) is 37.6 Å². The van der Waals surface area contributed by atoms with Crippen molar-refractivity contribution < 1.29 is 0 Å². The summed E-state index contributed by atoms with van der Waals surface area (Å²) in [6.07, 6.45) is 4.86. The first-order chi connectivity index (χ1) is 8.24. The number of hydrogen-bond acceptors (Lipinski definition) is 2. The lowest BCUT2D eigenvalue weighted by molar-refractivity contribution is 0.151. The van der Waals surface area contributed by atoms with Crippen molar-refractivity contribution in [3.8, 4) is 0 Å². The number of rotatable bonds is 4. The molecule has 0 aliphatic carbocycles. The minimum atomic E-state index is 0.547. The average Bonchev–Trinajstić information content (AvgIpc) is 2.71. The van der Waals surface area contributed by atoms with Crippen LogP contribution in [0.3, 0.4) is 0 Å². The molecule has 4 heteroatoms. The van der Waals surface area contributed by atoms with E-state index < -0.39 is 0 Å². The second-order valence-corrected chi connectivity index (χ2v) is 5.19. The number of likely N-dealkylation sites (tertiary alicyclic amines) is 1. The molecule has 96 valence electrons. The van der Waals surface area contributed by atoms with Crippen LogP contribution in [-0.4, -0.2) is 33.1 Å². The highest BCUT2D eigenvalue weighted by Crippen LogP contribution is 2.20. The van der Waals surface area contributed by atoms with Crippen molar-refractivity contribution in [2.45, 2.75) is 45.2 Å². The molecule has 1 fully saturated rings. The number of hydrogen-bond donors (Lipinski definition) is 0. The van der Waals surface area contributed by atoms with Crippen molar-refractivity contribution in [2.75, 3.05) is 12.4 Å². The lowest BCUT2D eigenvalue weighted by Crippen LogP contribution is -2.40. The van der Waals surface area contributed by atoms with Crippen molar-refractivity contribution in [1.82, 2.24) is 14.7 Å². The molecule has 0 aromatic carbocycles. The molecule has 1 aromatic rings. The van der Waals surface area contributed by atoms with Crippen molar-refractivity contribution in [3.63, 3.8) is 0 Å². The SMILES string of the molecule is CCc1cc(CN2CCCCC2CCl)n(C)n1. The standard InChI is InChI=1S/C13H22ClN3/c1-3-11-8-13(16(2)15-11)10-17-7-5-4-6-12(17)9-14/h8,12H,3-7,9-10H2,1-2H3. The Balaban J connectivity index is 2.05. The van der Waals surface area contributed by atoms with Crippen LogP contribution >= 0.6 is 11.6 Å². The summed E-state index contributed by atoms with van der Waals surface area (Å²) in [5.41, 5.74) is 2.49. The fourth-order valence-electron chi connectivity index (χ4n) is 2.54. The molecule has 1 aliphatic heterocycles. The van der Waals surface area contributed by atoms with E-state index in [1.54, 1.807) is 0 Å². The Labute approximate surface area is 109 Å². The van der Waals surface area contributed by atoms with Crippen molar-refractivity contribution >= 4 is 11.6 Å². The van der Waals surface area contributed by atoms with Gasteiger partial charge in [-0.05, 0) is 31.9 Å². The molecule has 1 unspecified atom stereocenters. The van der Waals surface area contributed by atoms with Crippen LogP contribution in [0.5, 0.6) is 0 Å². The molecule has 0 N–H and O–H groups in total. The molecular formula is C13H22ClN3. The zero-order chi connectivity index (χ0) is 12.3. The van der Waals surface area contributed by atoms with Gasteiger partial charge in [0.05, 0.1) is 11.4 Å². The van der Waals surface area contributed by atoms with Crippen molar-refractivity contribution in [1.29, 1.82) is 0 Å². The molecule has 1 aromatic heterocycles. The van der Waals surface area contributed by atoms with E-state index in [0.29, 0.717) is 6.04 Å². The number of aryl methyl sites for hydroxylation is 2. The maximum absolute atomic E-state index is 6.05. The highest BCUT2D eigenvalue weighted by atomic mass is 35.5. The molecule has 0 amide bonds. The van der Waals surface area contributed by atoms with Crippen molar-refractivity contribution in [2.24, 2.45) is 7.05 Å². The Bertz CT molecular complexity index is 362. The predicted octanol–water partition coefficient (Wildman–Crippen LogP) is 2.58. The van der Waals surface area contributed by atoms with Gasteiger partial charge in [-0.25, -0.2) is 0 Å². The van der Waals surface area contributed by atoms with Crippen LogP contribution in [-0.2, 0) is 20.0 Å². The summed E-state index contributed by atoms with van der Waals surface area (Å²) in [7, 11) is 2.04. The molecule has 0 spiro atoms. The third-order valence-corrected chi connectivity index (χ3v) is 4.04. The van der Waals surface area contributed by atoms with E-state index >= 15 is 0 Å². The van der Waals surface area contributed by atoms with E-state index in [-0.39, 0.29) is 0 Å². The van der Waals surface area contributed by atoms with E-state index in [9.17, 15) is 0 Å². The summed E-state index contributed by atoms with van der Waals surface area (Å²) in [6, 6.07) is 2.77. The normalized spacial score (nSPS) is 21.9. The first-order valence-corrected chi connectivity index (χ1v) is 7.09. The molecule has 1 saturated heterocycles. The van der Waals surface area contributed by atoms with E-state index in [0.717, 1.165) is 18.8 Å². The first kappa shape index (κ1) is 12.9. The van der Waals surface area contributed by atoms with Gasteiger partial charge in [-0.1, -0.05) is 13.3 Å². The largest absolute Gasteiger partial charge is 0.293 e. The Hall–Kier alpha value is -0.540. The van der Waals surface area contributed by atoms with Gasteiger partial charge in [0.15, 0.2) is 0 Å². The first-order valence-electron chi connectivity index (χ1n) is 6.56.